The molecule has 0 amide bonds. The molecule has 0 radical (unpaired) electrons. The van der Waals surface area contributed by atoms with Crippen LogP contribution in [0.15, 0.2) is 0 Å². The molecule has 0 heterocycles. The van der Waals surface area contributed by atoms with E-state index in [2.05, 4.69) is 6.92 Å². The first kappa shape index (κ1) is 18.7. The molecule has 0 aromatic heterocycles. The van der Waals surface area contributed by atoms with Crippen molar-refractivity contribution in [2.24, 2.45) is 0 Å². The van der Waals surface area contributed by atoms with E-state index in [0.29, 0.717) is 6.54 Å². The zero-order chi connectivity index (χ0) is 11.4. The van der Waals surface area contributed by atoms with Gasteiger partial charge in [0.2, 0.25) is 6.29 Å². The van der Waals surface area contributed by atoms with Crippen molar-refractivity contribution in [3.8, 4) is 0 Å². The number of halogens is 1. The van der Waals surface area contributed by atoms with Gasteiger partial charge in [-0.25, -0.2) is 0 Å². The Morgan fingerprint density at radius 3 is 1.88 bits per heavy atom. The van der Waals surface area contributed by atoms with Gasteiger partial charge < -0.3 is 32.5 Å². The molecular formula is C12H28BrNO2. The summed E-state index contributed by atoms with van der Waals surface area (Å²) in [7, 11) is 0. The van der Waals surface area contributed by atoms with Crippen LogP contribution in [0.4, 0.5) is 0 Å². The van der Waals surface area contributed by atoms with Crippen LogP contribution < -0.4 is 22.3 Å². The molecule has 0 aliphatic heterocycles. The molecule has 0 bridgehead atoms. The molecule has 4 heteroatoms. The monoisotopic (exact) mass is 297 g/mol. The summed E-state index contributed by atoms with van der Waals surface area (Å²) >= 11 is 0. The Balaban J connectivity index is 0. The molecule has 0 aliphatic rings. The number of hydrogen-bond donors (Lipinski definition) is 3. The average molecular weight is 298 g/mol. The molecule has 100 valence electrons. The molecule has 0 aliphatic carbocycles. The third-order valence-electron chi connectivity index (χ3n) is 2.64. The largest absolute Gasteiger partial charge is 1.00 e. The van der Waals surface area contributed by atoms with Crippen LogP contribution in [0.25, 0.3) is 0 Å². The van der Waals surface area contributed by atoms with E-state index in [0.717, 1.165) is 6.54 Å². The lowest BCUT2D eigenvalue weighted by atomic mass is 10.1. The first-order chi connectivity index (χ1) is 7.27. The Kier molecular flexibility index (Phi) is 18.0. The maximum absolute atomic E-state index is 8.60. The molecule has 0 saturated carbocycles. The quantitative estimate of drug-likeness (QED) is 0.305. The maximum atomic E-state index is 8.60. The summed E-state index contributed by atoms with van der Waals surface area (Å²) in [5, 5.41) is 19.2. The van der Waals surface area contributed by atoms with Crippen molar-refractivity contribution < 1.29 is 32.5 Å². The van der Waals surface area contributed by atoms with Gasteiger partial charge in [-0.15, -0.1) is 0 Å². The average Bonchev–Trinajstić information content (AvgIpc) is 2.20. The minimum atomic E-state index is -1.15. The molecule has 0 unspecified atom stereocenters. The standard InChI is InChI=1S/C12H27NO2.BrH/c1-2-3-4-5-6-7-8-9-10-13-11-12(14)15;/h12-15H,2-11H2,1H3;1H. The lowest BCUT2D eigenvalue weighted by Gasteiger charge is -2.03. The summed E-state index contributed by atoms with van der Waals surface area (Å²) in [6.07, 6.45) is 9.48. The maximum Gasteiger partial charge on any atom is 0.202 e. The Bertz CT molecular complexity index is 124. The van der Waals surface area contributed by atoms with E-state index in [9.17, 15) is 0 Å². The molecule has 0 atom stereocenters. The lowest BCUT2D eigenvalue weighted by molar-refractivity contribution is -0.667. The van der Waals surface area contributed by atoms with E-state index in [1.165, 1.54) is 51.4 Å². The van der Waals surface area contributed by atoms with Gasteiger partial charge in [0.05, 0.1) is 6.54 Å². The van der Waals surface area contributed by atoms with Crippen LogP contribution in [-0.4, -0.2) is 29.6 Å². The van der Waals surface area contributed by atoms with Crippen molar-refractivity contribution in [3.05, 3.63) is 0 Å². The summed E-state index contributed by atoms with van der Waals surface area (Å²) in [6, 6.07) is 0. The predicted molar refractivity (Wildman–Crippen MR) is 62.5 cm³/mol. The lowest BCUT2D eigenvalue weighted by Crippen LogP contribution is -3.00. The van der Waals surface area contributed by atoms with Crippen molar-refractivity contribution in [1.29, 1.82) is 0 Å². The second-order valence-electron chi connectivity index (χ2n) is 4.27. The second kappa shape index (κ2) is 15.4. The molecule has 16 heavy (non-hydrogen) atoms. The third kappa shape index (κ3) is 16.8. The van der Waals surface area contributed by atoms with Crippen LogP contribution in [0, 0.1) is 0 Å². The minimum absolute atomic E-state index is 0. The molecule has 4 N–H and O–H groups in total. The van der Waals surface area contributed by atoms with Crippen LogP contribution in [-0.2, 0) is 0 Å². The molecule has 0 fully saturated rings. The highest BCUT2D eigenvalue weighted by atomic mass is 79.9. The van der Waals surface area contributed by atoms with Gasteiger partial charge in [0, 0.05) is 0 Å². The fourth-order valence-corrected chi connectivity index (χ4v) is 1.69. The first-order valence-corrected chi connectivity index (χ1v) is 6.45. The van der Waals surface area contributed by atoms with E-state index in [4.69, 9.17) is 10.2 Å². The summed E-state index contributed by atoms with van der Waals surface area (Å²) < 4.78 is 0. The molecule has 0 aromatic rings. The van der Waals surface area contributed by atoms with Gasteiger partial charge in [-0.2, -0.15) is 0 Å². The number of aliphatic hydroxyl groups excluding tert-OH is 1. The van der Waals surface area contributed by atoms with Crippen molar-refractivity contribution >= 4 is 0 Å². The van der Waals surface area contributed by atoms with Crippen LogP contribution in [0.1, 0.15) is 58.3 Å². The number of aliphatic hydroxyl groups is 2. The molecule has 0 rings (SSSR count). The van der Waals surface area contributed by atoms with Gasteiger partial charge in [0.25, 0.3) is 0 Å². The van der Waals surface area contributed by atoms with E-state index < -0.39 is 6.29 Å². The summed E-state index contributed by atoms with van der Waals surface area (Å²) in [4.78, 5) is 0. The van der Waals surface area contributed by atoms with E-state index >= 15 is 0 Å². The number of rotatable bonds is 11. The first-order valence-electron chi connectivity index (χ1n) is 6.45. The number of quaternary nitrogens is 1. The van der Waals surface area contributed by atoms with Gasteiger partial charge >= 0.3 is 0 Å². The van der Waals surface area contributed by atoms with E-state index in [-0.39, 0.29) is 17.0 Å². The summed E-state index contributed by atoms with van der Waals surface area (Å²) in [5.74, 6) is 0. The van der Waals surface area contributed by atoms with Gasteiger partial charge in [0.1, 0.15) is 6.54 Å². The summed E-state index contributed by atoms with van der Waals surface area (Å²) in [5.41, 5.74) is 0. The fourth-order valence-electron chi connectivity index (χ4n) is 1.69. The van der Waals surface area contributed by atoms with Gasteiger partial charge in [-0.05, 0) is 12.8 Å². The highest BCUT2D eigenvalue weighted by Gasteiger charge is 1.98. The molecular weight excluding hydrogens is 270 g/mol. The van der Waals surface area contributed by atoms with Gasteiger partial charge in [-0.3, -0.25) is 0 Å². The molecule has 0 spiro atoms. The topological polar surface area (TPSA) is 57.1 Å². The van der Waals surface area contributed by atoms with Crippen LogP contribution in [0.5, 0.6) is 0 Å². The highest BCUT2D eigenvalue weighted by Crippen LogP contribution is 2.07. The molecule has 3 nitrogen and oxygen atoms in total. The van der Waals surface area contributed by atoms with Gasteiger partial charge in [-0.1, -0.05) is 45.4 Å². The second-order valence-corrected chi connectivity index (χ2v) is 4.27. The number of nitrogens with two attached hydrogens (primary N) is 1. The third-order valence-corrected chi connectivity index (χ3v) is 2.64. The van der Waals surface area contributed by atoms with E-state index in [1.54, 1.807) is 0 Å². The zero-order valence-electron chi connectivity index (χ0n) is 10.5. The Labute approximate surface area is 110 Å². The Morgan fingerprint density at radius 1 is 0.875 bits per heavy atom. The smallest absolute Gasteiger partial charge is 0.202 e. The Hall–Kier alpha value is 0.360. The minimum Gasteiger partial charge on any atom is -1.00 e. The van der Waals surface area contributed by atoms with Crippen molar-refractivity contribution in [1.82, 2.24) is 0 Å². The molecule has 0 saturated heterocycles. The number of unbranched alkanes of at least 4 members (excludes halogenated alkanes) is 7. The fraction of sp³-hybridized carbons (Fsp3) is 1.00. The van der Waals surface area contributed by atoms with Crippen LogP contribution >= 0.6 is 0 Å². The van der Waals surface area contributed by atoms with Crippen molar-refractivity contribution in [3.63, 3.8) is 0 Å². The normalized spacial score (nSPS) is 10.5. The van der Waals surface area contributed by atoms with Crippen LogP contribution in [0.2, 0.25) is 0 Å². The van der Waals surface area contributed by atoms with Crippen molar-refractivity contribution in [2.45, 2.75) is 64.6 Å². The van der Waals surface area contributed by atoms with Crippen LogP contribution in [0.3, 0.4) is 0 Å². The highest BCUT2D eigenvalue weighted by molar-refractivity contribution is 4.44. The van der Waals surface area contributed by atoms with Gasteiger partial charge in [0.15, 0.2) is 0 Å². The van der Waals surface area contributed by atoms with E-state index in [1.807, 2.05) is 5.32 Å². The van der Waals surface area contributed by atoms with Crippen molar-refractivity contribution in [2.75, 3.05) is 13.1 Å². The number of hydrogen-bond acceptors (Lipinski definition) is 2. The SMILES string of the molecule is CCCCCCCCCC[NH2+]CC(O)O.[Br-]. The Morgan fingerprint density at radius 2 is 1.38 bits per heavy atom. The zero-order valence-corrected chi connectivity index (χ0v) is 12.1. The summed E-state index contributed by atoms with van der Waals surface area (Å²) in [6.45, 7) is 3.68. The predicted octanol–water partition coefficient (Wildman–Crippen LogP) is -1.99. The molecule has 0 aromatic carbocycles.